The fraction of sp³-hybridized carbons (Fsp3) is 0.357. The number of para-hydroxylation sites is 1. The molecule has 2 heterocycles. The van der Waals surface area contributed by atoms with E-state index in [1.54, 1.807) is 37.3 Å². The number of ketones is 1. The van der Waals surface area contributed by atoms with Gasteiger partial charge in [0, 0.05) is 17.3 Å². The molecule has 2 aromatic carbocycles. The van der Waals surface area contributed by atoms with E-state index < -0.39 is 27.8 Å². The Morgan fingerprint density at radius 3 is 2.54 bits per heavy atom. The molecule has 1 aliphatic heterocycles. The van der Waals surface area contributed by atoms with Gasteiger partial charge in [-0.15, -0.1) is 11.3 Å². The van der Waals surface area contributed by atoms with Crippen molar-refractivity contribution in [3.05, 3.63) is 81.0 Å². The molecular weight excluding hydrogens is 510 g/mol. The Bertz CT molecular complexity index is 1430. The number of thiophene rings is 1. The zero-order chi connectivity index (χ0) is 26.9. The largest absolute Gasteiger partial charge is 0.488 e. The molecule has 1 aliphatic rings. The van der Waals surface area contributed by atoms with E-state index in [4.69, 9.17) is 4.74 Å². The summed E-state index contributed by atoms with van der Waals surface area (Å²) in [5.41, 5.74) is 2.47. The number of carbonyl (C=O) groups is 2. The van der Waals surface area contributed by atoms with Crippen LogP contribution in [0.25, 0.3) is 0 Å². The first-order chi connectivity index (χ1) is 17.5. The molecule has 1 N–H and O–H groups in total. The standard InChI is InChI=1S/C28H31NO6S2/c1-5-22-16-29(37(33,34)26-9-7-6-8-23(26)35-22)15-21-14-20(11-10-17(21)2)27(18(3)28(31)32)25-13-12-24(36-25)19(4)30/h6-14,18,22,27H,5,15-16H2,1-4H3,(H,31,32)/t18-,22+,27?/m0/s1. The number of carboxylic acids is 1. The topological polar surface area (TPSA) is 101 Å². The summed E-state index contributed by atoms with van der Waals surface area (Å²) in [5.74, 6) is -1.89. The lowest BCUT2D eigenvalue weighted by Gasteiger charge is -2.25. The van der Waals surface area contributed by atoms with E-state index in [1.165, 1.54) is 22.6 Å². The number of hydrogen-bond donors (Lipinski definition) is 1. The van der Waals surface area contributed by atoms with Crippen LogP contribution in [-0.2, 0) is 21.4 Å². The van der Waals surface area contributed by atoms with Crippen LogP contribution in [0.15, 0.2) is 59.5 Å². The minimum absolute atomic E-state index is 0.0677. The van der Waals surface area contributed by atoms with Crippen LogP contribution in [0.3, 0.4) is 0 Å². The molecule has 0 bridgehead atoms. The quantitative estimate of drug-likeness (QED) is 0.379. The van der Waals surface area contributed by atoms with Gasteiger partial charge in [0.15, 0.2) is 5.78 Å². The summed E-state index contributed by atoms with van der Waals surface area (Å²) in [7, 11) is -3.82. The van der Waals surface area contributed by atoms with Crippen LogP contribution in [0.1, 0.15) is 64.3 Å². The third kappa shape index (κ3) is 5.49. The summed E-state index contributed by atoms with van der Waals surface area (Å²) in [6.07, 6.45) is 0.354. The van der Waals surface area contributed by atoms with Crippen molar-refractivity contribution in [2.24, 2.45) is 5.92 Å². The summed E-state index contributed by atoms with van der Waals surface area (Å²) >= 11 is 1.30. The Morgan fingerprint density at radius 1 is 1.16 bits per heavy atom. The van der Waals surface area contributed by atoms with Crippen molar-refractivity contribution in [2.45, 2.75) is 57.6 Å². The van der Waals surface area contributed by atoms with Gasteiger partial charge < -0.3 is 9.84 Å². The molecule has 196 valence electrons. The normalized spacial score (nSPS) is 18.8. The van der Waals surface area contributed by atoms with Crippen molar-refractivity contribution in [1.29, 1.82) is 0 Å². The molecule has 0 saturated carbocycles. The maximum Gasteiger partial charge on any atom is 0.307 e. The number of carbonyl (C=O) groups excluding carboxylic acids is 1. The van der Waals surface area contributed by atoms with Crippen LogP contribution in [0.4, 0.5) is 0 Å². The first kappa shape index (κ1) is 27.0. The van der Waals surface area contributed by atoms with E-state index in [1.807, 2.05) is 38.1 Å². The number of nitrogens with zero attached hydrogens (tertiary/aromatic N) is 1. The number of fused-ring (bicyclic) bond motifs is 1. The van der Waals surface area contributed by atoms with Gasteiger partial charge in [-0.1, -0.05) is 44.2 Å². The number of rotatable bonds is 8. The second-order valence-electron chi connectivity index (χ2n) is 9.44. The summed E-state index contributed by atoms with van der Waals surface area (Å²) < 4.78 is 34.8. The number of carboxylic acid groups (broad SMARTS) is 1. The first-order valence-electron chi connectivity index (χ1n) is 12.2. The van der Waals surface area contributed by atoms with Gasteiger partial charge in [0.1, 0.15) is 16.7 Å². The molecule has 3 aromatic rings. The van der Waals surface area contributed by atoms with E-state index in [9.17, 15) is 23.1 Å². The maximum absolute atomic E-state index is 13.6. The van der Waals surface area contributed by atoms with Crippen LogP contribution < -0.4 is 4.74 Å². The first-order valence-corrected chi connectivity index (χ1v) is 14.5. The Hall–Kier alpha value is -3.01. The molecular formula is C28H31NO6S2. The lowest BCUT2D eigenvalue weighted by Crippen LogP contribution is -2.36. The second-order valence-corrected chi connectivity index (χ2v) is 12.5. The molecule has 7 nitrogen and oxygen atoms in total. The summed E-state index contributed by atoms with van der Waals surface area (Å²) in [6, 6.07) is 15.9. The van der Waals surface area contributed by atoms with Gasteiger partial charge in [-0.2, -0.15) is 4.31 Å². The highest BCUT2D eigenvalue weighted by Crippen LogP contribution is 2.38. The smallest absolute Gasteiger partial charge is 0.307 e. The predicted octanol–water partition coefficient (Wildman–Crippen LogP) is 5.47. The third-order valence-corrected chi connectivity index (χ3v) is 9.99. The van der Waals surface area contributed by atoms with Gasteiger partial charge >= 0.3 is 5.97 Å². The van der Waals surface area contributed by atoms with Gasteiger partial charge in [0.25, 0.3) is 0 Å². The molecule has 4 rings (SSSR count). The highest BCUT2D eigenvalue weighted by atomic mass is 32.2. The van der Waals surface area contributed by atoms with Gasteiger partial charge in [0.2, 0.25) is 10.0 Å². The van der Waals surface area contributed by atoms with E-state index >= 15 is 0 Å². The van der Waals surface area contributed by atoms with Gasteiger partial charge in [-0.05, 0) is 61.2 Å². The number of ether oxygens (including phenoxy) is 1. The highest BCUT2D eigenvalue weighted by molar-refractivity contribution is 7.89. The SMILES string of the molecule is CC[C@@H]1CN(Cc2cc(C(c3ccc(C(C)=O)s3)[C@H](C)C(=O)O)ccc2C)S(=O)(=O)c2ccccc2O1. The molecule has 1 unspecified atom stereocenters. The monoisotopic (exact) mass is 541 g/mol. The molecule has 0 radical (unpaired) electrons. The molecule has 0 spiro atoms. The van der Waals surface area contributed by atoms with Crippen molar-refractivity contribution in [2.75, 3.05) is 6.54 Å². The molecule has 3 atom stereocenters. The maximum atomic E-state index is 13.6. The fourth-order valence-electron chi connectivity index (χ4n) is 4.60. The number of aryl methyl sites for hydroxylation is 1. The molecule has 9 heteroatoms. The Labute approximate surface area is 221 Å². The molecule has 0 amide bonds. The Morgan fingerprint density at radius 2 is 1.89 bits per heavy atom. The van der Waals surface area contributed by atoms with E-state index in [0.717, 1.165) is 21.6 Å². The minimum atomic E-state index is -3.82. The Kier molecular flexibility index (Phi) is 7.87. The number of sulfonamides is 1. The molecule has 37 heavy (non-hydrogen) atoms. The predicted molar refractivity (Wildman–Crippen MR) is 143 cm³/mol. The lowest BCUT2D eigenvalue weighted by molar-refractivity contribution is -0.141. The fourth-order valence-corrected chi connectivity index (χ4v) is 7.31. The zero-order valence-corrected chi connectivity index (χ0v) is 22.9. The highest BCUT2D eigenvalue weighted by Gasteiger charge is 2.35. The lowest BCUT2D eigenvalue weighted by atomic mass is 9.84. The number of Topliss-reactive ketones (excluding diaryl/α,β-unsaturated/α-hetero) is 1. The molecule has 1 aromatic heterocycles. The van der Waals surface area contributed by atoms with Crippen molar-refractivity contribution >= 4 is 33.1 Å². The van der Waals surface area contributed by atoms with Crippen LogP contribution in [-0.4, -0.2) is 42.2 Å². The molecule has 0 aliphatic carbocycles. The van der Waals surface area contributed by atoms with Crippen LogP contribution in [0, 0.1) is 12.8 Å². The summed E-state index contributed by atoms with van der Waals surface area (Å²) in [6.45, 7) is 7.36. The van der Waals surface area contributed by atoms with Gasteiger partial charge in [0.05, 0.1) is 17.3 Å². The molecule has 0 saturated heterocycles. The van der Waals surface area contributed by atoms with Crippen LogP contribution in [0.2, 0.25) is 0 Å². The van der Waals surface area contributed by atoms with Crippen LogP contribution >= 0.6 is 11.3 Å². The van der Waals surface area contributed by atoms with Crippen molar-refractivity contribution in [1.82, 2.24) is 4.31 Å². The number of aliphatic carboxylic acids is 1. The van der Waals surface area contributed by atoms with Gasteiger partial charge in [-0.3, -0.25) is 9.59 Å². The van der Waals surface area contributed by atoms with E-state index in [-0.39, 0.29) is 29.9 Å². The number of hydrogen-bond acceptors (Lipinski definition) is 6. The third-order valence-electron chi connectivity index (χ3n) is 6.87. The van der Waals surface area contributed by atoms with E-state index in [2.05, 4.69) is 0 Å². The Balaban J connectivity index is 1.75. The second kappa shape index (κ2) is 10.8. The van der Waals surface area contributed by atoms with Crippen molar-refractivity contribution in [3.8, 4) is 5.75 Å². The van der Waals surface area contributed by atoms with Gasteiger partial charge in [-0.25, -0.2) is 8.42 Å². The molecule has 0 fully saturated rings. The van der Waals surface area contributed by atoms with Crippen molar-refractivity contribution < 1.29 is 27.9 Å². The zero-order valence-electron chi connectivity index (χ0n) is 21.3. The summed E-state index contributed by atoms with van der Waals surface area (Å²) in [4.78, 5) is 25.4. The average Bonchev–Trinajstić information content (AvgIpc) is 3.31. The minimum Gasteiger partial charge on any atom is -0.488 e. The average molecular weight is 542 g/mol. The summed E-state index contributed by atoms with van der Waals surface area (Å²) in [5, 5.41) is 9.86. The number of benzene rings is 2. The van der Waals surface area contributed by atoms with E-state index in [0.29, 0.717) is 17.0 Å². The van der Waals surface area contributed by atoms with Crippen molar-refractivity contribution in [3.63, 3.8) is 0 Å². The van der Waals surface area contributed by atoms with Crippen LogP contribution in [0.5, 0.6) is 5.75 Å².